The number of rotatable bonds is 5. The summed E-state index contributed by atoms with van der Waals surface area (Å²) < 4.78 is 4.96. The zero-order chi connectivity index (χ0) is 14.4. The number of carbonyl (C=O) groups excluding carboxylic acids is 1. The first-order valence-corrected chi connectivity index (χ1v) is 6.18. The lowest BCUT2D eigenvalue weighted by atomic mass is 9.98. The molecule has 104 valence electrons. The van der Waals surface area contributed by atoms with Gasteiger partial charge >= 0.3 is 12.1 Å². The smallest absolute Gasteiger partial charge is 0.411 e. The van der Waals surface area contributed by atoms with Gasteiger partial charge in [-0.1, -0.05) is 19.1 Å². The first-order chi connectivity index (χ1) is 8.88. The van der Waals surface area contributed by atoms with E-state index in [-0.39, 0.29) is 18.4 Å². The summed E-state index contributed by atoms with van der Waals surface area (Å²) in [6.45, 7) is 5.40. The Morgan fingerprint density at radius 1 is 1.21 bits per heavy atom. The minimum absolute atomic E-state index is 0.0610. The van der Waals surface area contributed by atoms with E-state index in [1.807, 2.05) is 6.92 Å². The van der Waals surface area contributed by atoms with E-state index >= 15 is 0 Å². The quantitative estimate of drug-likeness (QED) is 0.857. The molecule has 1 unspecified atom stereocenters. The van der Waals surface area contributed by atoms with Gasteiger partial charge in [0, 0.05) is 5.69 Å². The van der Waals surface area contributed by atoms with Crippen LogP contribution in [-0.2, 0) is 9.53 Å². The summed E-state index contributed by atoms with van der Waals surface area (Å²) >= 11 is 0. The van der Waals surface area contributed by atoms with Crippen molar-refractivity contribution < 1.29 is 19.4 Å². The van der Waals surface area contributed by atoms with Crippen molar-refractivity contribution >= 4 is 17.7 Å². The lowest BCUT2D eigenvalue weighted by Crippen LogP contribution is -2.17. The maximum atomic E-state index is 11.4. The predicted octanol–water partition coefficient (Wildman–Crippen LogP) is 3.22. The molecule has 0 aliphatic rings. The first kappa shape index (κ1) is 15.0. The molecule has 0 saturated carbocycles. The van der Waals surface area contributed by atoms with Gasteiger partial charge in [0.1, 0.15) is 0 Å². The van der Waals surface area contributed by atoms with Gasteiger partial charge in [-0.25, -0.2) is 4.79 Å². The van der Waals surface area contributed by atoms with Gasteiger partial charge in [-0.05, 0) is 37.5 Å². The Bertz CT molecular complexity index is 439. The van der Waals surface area contributed by atoms with Gasteiger partial charge < -0.3 is 9.84 Å². The summed E-state index contributed by atoms with van der Waals surface area (Å²) in [4.78, 5) is 22.0. The van der Waals surface area contributed by atoms with Crippen LogP contribution in [-0.4, -0.2) is 23.3 Å². The fourth-order valence-electron chi connectivity index (χ4n) is 1.64. The van der Waals surface area contributed by atoms with Gasteiger partial charge in [0.2, 0.25) is 0 Å². The molecule has 0 fully saturated rings. The van der Waals surface area contributed by atoms with E-state index in [4.69, 9.17) is 9.84 Å². The van der Waals surface area contributed by atoms with Crippen molar-refractivity contribution in [1.29, 1.82) is 0 Å². The maximum Gasteiger partial charge on any atom is 0.411 e. The Morgan fingerprint density at radius 3 is 2.26 bits per heavy atom. The molecule has 1 rings (SSSR count). The van der Waals surface area contributed by atoms with Gasteiger partial charge in [0.25, 0.3) is 0 Å². The molecule has 0 aliphatic heterocycles. The molecule has 0 radical (unpaired) electrons. The number of anilines is 1. The van der Waals surface area contributed by atoms with Crippen molar-refractivity contribution in [3.8, 4) is 0 Å². The summed E-state index contributed by atoms with van der Waals surface area (Å²) in [6, 6.07) is 7.07. The Labute approximate surface area is 112 Å². The molecule has 2 N–H and O–H groups in total. The molecule has 5 nitrogen and oxygen atoms in total. The summed E-state index contributed by atoms with van der Waals surface area (Å²) in [6.07, 6.45) is -0.585. The molecule has 0 aromatic heterocycles. The number of carbonyl (C=O) groups is 2. The second-order valence-corrected chi connectivity index (χ2v) is 4.70. The van der Waals surface area contributed by atoms with Crippen LogP contribution in [0.5, 0.6) is 0 Å². The molecule has 1 atom stereocenters. The lowest BCUT2D eigenvalue weighted by molar-refractivity contribution is -0.137. The van der Waals surface area contributed by atoms with Crippen LogP contribution in [0.1, 0.15) is 38.7 Å². The number of nitrogens with one attached hydrogen (secondary N) is 1. The van der Waals surface area contributed by atoms with Crippen LogP contribution in [0.15, 0.2) is 24.3 Å². The highest BCUT2D eigenvalue weighted by atomic mass is 16.6. The number of ether oxygens (including phenoxy) is 1. The van der Waals surface area contributed by atoms with E-state index in [2.05, 4.69) is 5.32 Å². The maximum absolute atomic E-state index is 11.4. The summed E-state index contributed by atoms with van der Waals surface area (Å²) in [5.41, 5.74) is 1.54. The number of aliphatic carboxylic acids is 1. The summed E-state index contributed by atoms with van der Waals surface area (Å²) in [5.74, 6) is -0.885. The molecule has 5 heteroatoms. The molecule has 0 aliphatic carbocycles. The van der Waals surface area contributed by atoms with Gasteiger partial charge in [0.05, 0.1) is 12.5 Å². The van der Waals surface area contributed by atoms with Crippen molar-refractivity contribution in [3.05, 3.63) is 29.8 Å². The number of hydrogen-bond acceptors (Lipinski definition) is 3. The minimum atomic E-state index is -0.824. The van der Waals surface area contributed by atoms with Gasteiger partial charge in [-0.2, -0.15) is 0 Å². The Morgan fingerprint density at radius 2 is 1.79 bits per heavy atom. The molecule has 0 saturated heterocycles. The largest absolute Gasteiger partial charge is 0.481 e. The topological polar surface area (TPSA) is 75.6 Å². The van der Waals surface area contributed by atoms with Crippen LogP contribution in [0, 0.1) is 0 Å². The molecule has 0 heterocycles. The van der Waals surface area contributed by atoms with Gasteiger partial charge in [-0.15, -0.1) is 0 Å². The van der Waals surface area contributed by atoms with Gasteiger partial charge in [0.15, 0.2) is 0 Å². The van der Waals surface area contributed by atoms with E-state index in [1.54, 1.807) is 38.1 Å². The Hall–Kier alpha value is -2.04. The monoisotopic (exact) mass is 265 g/mol. The molecule has 0 bridgehead atoms. The SMILES string of the molecule is CC(C)OC(=O)Nc1ccc(C(C)CC(=O)O)cc1. The van der Waals surface area contributed by atoms with Crippen LogP contribution in [0.3, 0.4) is 0 Å². The van der Waals surface area contributed by atoms with Crippen molar-refractivity contribution in [2.45, 2.75) is 39.2 Å². The van der Waals surface area contributed by atoms with E-state index in [0.29, 0.717) is 5.69 Å². The van der Waals surface area contributed by atoms with Crippen LogP contribution < -0.4 is 5.32 Å². The average molecular weight is 265 g/mol. The van der Waals surface area contributed by atoms with Crippen molar-refractivity contribution in [1.82, 2.24) is 0 Å². The van der Waals surface area contributed by atoms with E-state index in [0.717, 1.165) is 5.56 Å². The molecule has 19 heavy (non-hydrogen) atoms. The van der Waals surface area contributed by atoms with Gasteiger partial charge in [-0.3, -0.25) is 10.1 Å². The molecular weight excluding hydrogens is 246 g/mol. The van der Waals surface area contributed by atoms with Crippen LogP contribution in [0.4, 0.5) is 10.5 Å². The number of carboxylic acid groups (broad SMARTS) is 1. The van der Waals surface area contributed by atoms with Crippen LogP contribution in [0.25, 0.3) is 0 Å². The highest BCUT2D eigenvalue weighted by Gasteiger charge is 2.10. The minimum Gasteiger partial charge on any atom is -0.481 e. The highest BCUT2D eigenvalue weighted by molar-refractivity contribution is 5.84. The second kappa shape index (κ2) is 6.78. The Kier molecular flexibility index (Phi) is 5.36. The summed E-state index contributed by atoms with van der Waals surface area (Å²) in [5, 5.41) is 11.3. The highest BCUT2D eigenvalue weighted by Crippen LogP contribution is 2.21. The lowest BCUT2D eigenvalue weighted by Gasteiger charge is -2.12. The van der Waals surface area contributed by atoms with Crippen molar-refractivity contribution in [2.75, 3.05) is 5.32 Å². The number of benzene rings is 1. The fraction of sp³-hybridized carbons (Fsp3) is 0.429. The Balaban J connectivity index is 2.61. The van der Waals surface area contributed by atoms with E-state index in [1.165, 1.54) is 0 Å². The first-order valence-electron chi connectivity index (χ1n) is 6.18. The number of carboxylic acids is 1. The second-order valence-electron chi connectivity index (χ2n) is 4.70. The van der Waals surface area contributed by atoms with Crippen molar-refractivity contribution in [2.24, 2.45) is 0 Å². The normalized spacial score (nSPS) is 12.0. The summed E-state index contributed by atoms with van der Waals surface area (Å²) in [7, 11) is 0. The predicted molar refractivity (Wildman–Crippen MR) is 72.3 cm³/mol. The molecule has 0 spiro atoms. The van der Waals surface area contributed by atoms with E-state index in [9.17, 15) is 9.59 Å². The number of hydrogen-bond donors (Lipinski definition) is 2. The number of amides is 1. The third-order valence-corrected chi connectivity index (χ3v) is 2.55. The van der Waals surface area contributed by atoms with Crippen molar-refractivity contribution in [3.63, 3.8) is 0 Å². The molecular formula is C14H19NO4. The molecule has 1 amide bonds. The third kappa shape index (κ3) is 5.42. The van der Waals surface area contributed by atoms with Crippen LogP contribution in [0.2, 0.25) is 0 Å². The molecule has 1 aromatic rings. The standard InChI is InChI=1S/C14H19NO4/c1-9(2)19-14(18)15-12-6-4-11(5-7-12)10(3)8-13(16)17/h4-7,9-10H,8H2,1-3H3,(H,15,18)(H,16,17). The fourth-order valence-corrected chi connectivity index (χ4v) is 1.64. The van der Waals surface area contributed by atoms with Crippen LogP contribution >= 0.6 is 0 Å². The molecule has 1 aromatic carbocycles. The zero-order valence-electron chi connectivity index (χ0n) is 11.3. The average Bonchev–Trinajstić information content (AvgIpc) is 2.27. The third-order valence-electron chi connectivity index (χ3n) is 2.55. The van der Waals surface area contributed by atoms with E-state index < -0.39 is 12.1 Å². The zero-order valence-corrected chi connectivity index (χ0v) is 11.3.